The number of quaternary nitrogens is 1. The summed E-state index contributed by atoms with van der Waals surface area (Å²) in [7, 11) is 4.29. The van der Waals surface area contributed by atoms with Gasteiger partial charge in [-0.3, -0.25) is 9.69 Å². The third kappa shape index (κ3) is 6.04. The van der Waals surface area contributed by atoms with Crippen LogP contribution >= 0.6 is 23.1 Å². The quantitative estimate of drug-likeness (QED) is 0.524. The van der Waals surface area contributed by atoms with E-state index in [1.54, 1.807) is 23.1 Å². The zero-order valence-electron chi connectivity index (χ0n) is 17.7. The van der Waals surface area contributed by atoms with Crippen molar-refractivity contribution in [3.05, 3.63) is 53.6 Å². The SMILES string of the molecule is Cc1cc(C)c2sc(N(CCC[NH+](C)C)C(=O)CCSc3ccccc3)nc2c1. The van der Waals surface area contributed by atoms with Crippen molar-refractivity contribution in [1.82, 2.24) is 4.98 Å². The highest BCUT2D eigenvalue weighted by atomic mass is 32.2. The van der Waals surface area contributed by atoms with Crippen LogP contribution in [0.5, 0.6) is 0 Å². The van der Waals surface area contributed by atoms with E-state index in [9.17, 15) is 4.79 Å². The van der Waals surface area contributed by atoms with E-state index in [0.29, 0.717) is 6.42 Å². The number of benzene rings is 2. The van der Waals surface area contributed by atoms with Gasteiger partial charge < -0.3 is 4.90 Å². The van der Waals surface area contributed by atoms with Crippen molar-refractivity contribution in [3.8, 4) is 0 Å². The molecule has 0 unspecified atom stereocenters. The second-order valence-electron chi connectivity index (χ2n) is 7.69. The predicted octanol–water partition coefficient (Wildman–Crippen LogP) is 3.96. The Morgan fingerprint density at radius 2 is 1.93 bits per heavy atom. The van der Waals surface area contributed by atoms with Crippen LogP contribution in [0.25, 0.3) is 10.2 Å². The first-order valence-corrected chi connectivity index (χ1v) is 11.9. The third-order valence-electron chi connectivity index (χ3n) is 4.73. The summed E-state index contributed by atoms with van der Waals surface area (Å²) in [5.74, 6) is 0.942. The number of aromatic nitrogens is 1. The van der Waals surface area contributed by atoms with Gasteiger partial charge in [-0.15, -0.1) is 11.8 Å². The fraction of sp³-hybridized carbons (Fsp3) is 0.391. The molecule has 3 aromatic rings. The second kappa shape index (κ2) is 10.2. The molecule has 0 fully saturated rings. The summed E-state index contributed by atoms with van der Waals surface area (Å²) in [6.45, 7) is 5.97. The number of nitrogens with zero attached hydrogens (tertiary/aromatic N) is 2. The van der Waals surface area contributed by atoms with Gasteiger partial charge in [0.25, 0.3) is 0 Å². The number of fused-ring (bicyclic) bond motifs is 1. The molecule has 0 atom stereocenters. The summed E-state index contributed by atoms with van der Waals surface area (Å²) in [6, 6.07) is 14.6. The van der Waals surface area contributed by atoms with Crippen LogP contribution in [0.2, 0.25) is 0 Å². The van der Waals surface area contributed by atoms with Crippen LogP contribution in [0, 0.1) is 13.8 Å². The van der Waals surface area contributed by atoms with Gasteiger partial charge in [0.2, 0.25) is 5.91 Å². The van der Waals surface area contributed by atoms with Gasteiger partial charge in [-0.25, -0.2) is 4.98 Å². The van der Waals surface area contributed by atoms with E-state index >= 15 is 0 Å². The number of hydrogen-bond donors (Lipinski definition) is 1. The van der Waals surface area contributed by atoms with Gasteiger partial charge in [0, 0.05) is 30.0 Å². The number of amides is 1. The van der Waals surface area contributed by atoms with Gasteiger partial charge >= 0.3 is 0 Å². The minimum atomic E-state index is 0.163. The molecular formula is C23H30N3OS2+. The lowest BCUT2D eigenvalue weighted by Crippen LogP contribution is -3.05. The average Bonchev–Trinajstić information content (AvgIpc) is 3.09. The van der Waals surface area contributed by atoms with E-state index in [1.807, 2.05) is 23.1 Å². The molecule has 1 heterocycles. The molecule has 0 aliphatic rings. The molecule has 0 saturated heterocycles. The summed E-state index contributed by atoms with van der Waals surface area (Å²) < 4.78 is 1.18. The van der Waals surface area contributed by atoms with Crippen LogP contribution in [-0.2, 0) is 4.79 Å². The molecule has 0 bridgehead atoms. The minimum Gasteiger partial charge on any atom is -0.340 e. The molecule has 1 aromatic heterocycles. The van der Waals surface area contributed by atoms with Crippen LogP contribution in [0.15, 0.2) is 47.4 Å². The molecule has 1 amide bonds. The van der Waals surface area contributed by atoms with Gasteiger partial charge in [0.1, 0.15) is 0 Å². The number of hydrogen-bond acceptors (Lipinski definition) is 4. The Bertz CT molecular complexity index is 953. The van der Waals surface area contributed by atoms with Crippen molar-refractivity contribution in [2.24, 2.45) is 0 Å². The highest BCUT2D eigenvalue weighted by Gasteiger charge is 2.20. The Labute approximate surface area is 181 Å². The number of carbonyl (C=O) groups excluding carboxylic acids is 1. The molecular weight excluding hydrogens is 398 g/mol. The summed E-state index contributed by atoms with van der Waals surface area (Å²) in [5, 5.41) is 0.831. The first-order valence-electron chi connectivity index (χ1n) is 10.1. The van der Waals surface area contributed by atoms with Gasteiger partial charge in [-0.1, -0.05) is 35.6 Å². The highest BCUT2D eigenvalue weighted by Crippen LogP contribution is 2.32. The van der Waals surface area contributed by atoms with Crippen molar-refractivity contribution < 1.29 is 9.69 Å². The smallest absolute Gasteiger partial charge is 0.229 e. The molecule has 3 rings (SSSR count). The maximum Gasteiger partial charge on any atom is 0.229 e. The second-order valence-corrected chi connectivity index (χ2v) is 9.84. The van der Waals surface area contributed by atoms with Crippen molar-refractivity contribution in [2.45, 2.75) is 31.6 Å². The average molecular weight is 429 g/mol. The number of anilines is 1. The zero-order valence-corrected chi connectivity index (χ0v) is 19.3. The highest BCUT2D eigenvalue weighted by molar-refractivity contribution is 7.99. The zero-order chi connectivity index (χ0) is 20.8. The number of thioether (sulfide) groups is 1. The first kappa shape index (κ1) is 21.8. The maximum absolute atomic E-state index is 13.1. The molecule has 0 radical (unpaired) electrons. The standard InChI is InChI=1S/C23H29N3OS2/c1-17-15-18(2)22-20(16-17)24-23(29-22)26(13-8-12-25(3)4)21(27)11-14-28-19-9-6-5-7-10-19/h5-7,9-10,15-16H,8,11-14H2,1-4H3/p+1. The fourth-order valence-electron chi connectivity index (χ4n) is 3.31. The predicted molar refractivity (Wildman–Crippen MR) is 126 cm³/mol. The van der Waals surface area contributed by atoms with Crippen molar-refractivity contribution in [2.75, 3.05) is 37.8 Å². The van der Waals surface area contributed by atoms with Crippen molar-refractivity contribution in [1.29, 1.82) is 0 Å². The Morgan fingerprint density at radius 1 is 1.17 bits per heavy atom. The van der Waals surface area contributed by atoms with Crippen molar-refractivity contribution >= 4 is 44.4 Å². The van der Waals surface area contributed by atoms with Crippen LogP contribution in [0.3, 0.4) is 0 Å². The molecule has 6 heteroatoms. The fourth-order valence-corrected chi connectivity index (χ4v) is 5.23. The van der Waals surface area contributed by atoms with Crippen LogP contribution in [0.4, 0.5) is 5.13 Å². The van der Waals surface area contributed by atoms with Gasteiger partial charge in [-0.2, -0.15) is 0 Å². The number of carbonyl (C=O) groups is 1. The molecule has 4 nitrogen and oxygen atoms in total. The van der Waals surface area contributed by atoms with E-state index < -0.39 is 0 Å². The first-order chi connectivity index (χ1) is 13.9. The van der Waals surface area contributed by atoms with E-state index in [1.165, 1.54) is 25.6 Å². The number of thiazole rings is 1. The molecule has 2 aromatic carbocycles. The molecule has 0 aliphatic carbocycles. The Balaban J connectivity index is 1.74. The number of rotatable bonds is 9. The Morgan fingerprint density at radius 3 is 2.66 bits per heavy atom. The van der Waals surface area contributed by atoms with E-state index in [-0.39, 0.29) is 5.91 Å². The Kier molecular flexibility index (Phi) is 7.70. The topological polar surface area (TPSA) is 37.6 Å². The van der Waals surface area contributed by atoms with Gasteiger partial charge in [0.15, 0.2) is 5.13 Å². The summed E-state index contributed by atoms with van der Waals surface area (Å²) in [4.78, 5) is 22.5. The van der Waals surface area contributed by atoms with E-state index in [0.717, 1.165) is 35.9 Å². The minimum absolute atomic E-state index is 0.163. The lowest BCUT2D eigenvalue weighted by Gasteiger charge is -2.20. The molecule has 0 aliphatic heterocycles. The lowest BCUT2D eigenvalue weighted by atomic mass is 10.1. The number of nitrogens with one attached hydrogen (secondary N) is 1. The third-order valence-corrected chi connectivity index (χ3v) is 6.97. The Hall–Kier alpha value is -1.89. The normalized spacial score (nSPS) is 11.3. The van der Waals surface area contributed by atoms with Crippen LogP contribution in [-0.4, -0.2) is 43.8 Å². The van der Waals surface area contributed by atoms with E-state index in [2.05, 4.69) is 52.2 Å². The summed E-state index contributed by atoms with van der Waals surface area (Å²) in [5.41, 5.74) is 3.44. The molecule has 154 valence electrons. The van der Waals surface area contributed by atoms with Crippen LogP contribution in [0.1, 0.15) is 24.0 Å². The maximum atomic E-state index is 13.1. The largest absolute Gasteiger partial charge is 0.340 e. The van der Waals surface area contributed by atoms with Gasteiger partial charge in [0.05, 0.1) is 30.9 Å². The molecule has 0 saturated carbocycles. The lowest BCUT2D eigenvalue weighted by molar-refractivity contribution is -0.858. The van der Waals surface area contributed by atoms with Crippen LogP contribution < -0.4 is 9.80 Å². The van der Waals surface area contributed by atoms with Gasteiger partial charge in [-0.05, 0) is 43.2 Å². The van der Waals surface area contributed by atoms with E-state index in [4.69, 9.17) is 4.98 Å². The number of aryl methyl sites for hydroxylation is 2. The summed E-state index contributed by atoms with van der Waals surface area (Å²) in [6.07, 6.45) is 1.48. The monoisotopic (exact) mass is 428 g/mol. The van der Waals surface area contributed by atoms with Crippen molar-refractivity contribution in [3.63, 3.8) is 0 Å². The molecule has 29 heavy (non-hydrogen) atoms. The molecule has 1 N–H and O–H groups in total. The molecule has 0 spiro atoms. The summed E-state index contributed by atoms with van der Waals surface area (Å²) >= 11 is 3.37.